The first-order valence-corrected chi connectivity index (χ1v) is 7.46. The number of carbonyl (C=O) groups is 1. The van der Waals surface area contributed by atoms with Crippen LogP contribution in [0.1, 0.15) is 16.1 Å². The maximum absolute atomic E-state index is 13.9. The third kappa shape index (κ3) is 3.99. The van der Waals surface area contributed by atoms with Crippen LogP contribution < -0.4 is 4.74 Å². The number of fused-ring (bicyclic) bond motifs is 1. The topological polar surface area (TPSA) is 53.3 Å². The third-order valence-corrected chi connectivity index (χ3v) is 3.67. The molecule has 0 unspecified atom stereocenters. The van der Waals surface area contributed by atoms with Gasteiger partial charge in [0.2, 0.25) is 0 Å². The molecule has 1 heterocycles. The second-order valence-electron chi connectivity index (χ2n) is 5.46. The van der Waals surface area contributed by atoms with E-state index in [1.807, 2.05) is 0 Å². The first kappa shape index (κ1) is 18.6. The number of hydrogen-bond acceptors (Lipinski definition) is 4. The minimum atomic E-state index is -4.91. The van der Waals surface area contributed by atoms with E-state index < -0.39 is 29.7 Å². The molecule has 142 valence electrons. The van der Waals surface area contributed by atoms with Gasteiger partial charge in [-0.2, -0.15) is 5.10 Å². The molecule has 0 fully saturated rings. The number of rotatable bonds is 4. The van der Waals surface area contributed by atoms with Gasteiger partial charge in [-0.1, -0.05) is 6.07 Å². The number of halogens is 5. The first-order valence-electron chi connectivity index (χ1n) is 7.46. The van der Waals surface area contributed by atoms with Crippen molar-refractivity contribution in [2.24, 2.45) is 0 Å². The zero-order valence-corrected chi connectivity index (χ0v) is 13.7. The standard InChI is InChI=1S/C17H11F5N2O3/c1-26-16(25)15-12-5-4-11(27-17(20,21)22)7-14(12)24(23-15)8-9-2-3-10(18)6-13(9)19/h2-7H,8H2,1H3. The van der Waals surface area contributed by atoms with Gasteiger partial charge < -0.3 is 9.47 Å². The zero-order chi connectivity index (χ0) is 19.8. The van der Waals surface area contributed by atoms with E-state index in [1.165, 1.54) is 12.1 Å². The van der Waals surface area contributed by atoms with E-state index in [9.17, 15) is 26.7 Å². The highest BCUT2D eigenvalue weighted by Gasteiger charge is 2.31. The molecule has 0 N–H and O–H groups in total. The van der Waals surface area contributed by atoms with Crippen LogP contribution in [0.4, 0.5) is 22.0 Å². The molecular formula is C17H11F5N2O3. The molecular weight excluding hydrogens is 375 g/mol. The van der Waals surface area contributed by atoms with Crippen molar-refractivity contribution in [1.82, 2.24) is 9.78 Å². The van der Waals surface area contributed by atoms with Gasteiger partial charge in [0.15, 0.2) is 5.69 Å². The molecule has 3 rings (SSSR count). The molecule has 0 aliphatic heterocycles. The van der Waals surface area contributed by atoms with Gasteiger partial charge >= 0.3 is 12.3 Å². The van der Waals surface area contributed by atoms with Gasteiger partial charge in [-0.25, -0.2) is 13.6 Å². The minimum Gasteiger partial charge on any atom is -0.464 e. The first-order chi connectivity index (χ1) is 12.7. The number of ether oxygens (including phenoxy) is 2. The van der Waals surface area contributed by atoms with E-state index in [0.29, 0.717) is 6.07 Å². The number of benzene rings is 2. The molecule has 0 spiro atoms. The lowest BCUT2D eigenvalue weighted by Gasteiger charge is -2.10. The van der Waals surface area contributed by atoms with Crippen LogP contribution >= 0.6 is 0 Å². The Morgan fingerprint density at radius 3 is 2.52 bits per heavy atom. The Morgan fingerprint density at radius 1 is 1.15 bits per heavy atom. The van der Waals surface area contributed by atoms with Crippen LogP contribution in [0.25, 0.3) is 10.9 Å². The lowest BCUT2D eigenvalue weighted by atomic mass is 10.2. The number of aromatic nitrogens is 2. The maximum atomic E-state index is 13.9. The summed E-state index contributed by atoms with van der Waals surface area (Å²) in [5, 5.41) is 4.19. The lowest BCUT2D eigenvalue weighted by Crippen LogP contribution is -2.17. The van der Waals surface area contributed by atoms with Gasteiger partial charge in [-0.05, 0) is 18.2 Å². The minimum absolute atomic E-state index is 0.0272. The van der Waals surface area contributed by atoms with Gasteiger partial charge in [-0.3, -0.25) is 4.68 Å². The number of methoxy groups -OCH3 is 1. The molecule has 0 saturated heterocycles. The Bertz CT molecular complexity index is 1010. The number of esters is 1. The summed E-state index contributed by atoms with van der Waals surface area (Å²) in [7, 11) is 1.12. The summed E-state index contributed by atoms with van der Waals surface area (Å²) in [5.74, 6) is -2.99. The molecule has 0 atom stereocenters. The molecule has 2 aromatic carbocycles. The second kappa shape index (κ2) is 6.86. The van der Waals surface area contributed by atoms with Crippen molar-refractivity contribution >= 4 is 16.9 Å². The third-order valence-electron chi connectivity index (χ3n) is 3.67. The highest BCUT2D eigenvalue weighted by molar-refractivity contribution is 6.02. The van der Waals surface area contributed by atoms with Gasteiger partial charge in [0, 0.05) is 23.1 Å². The van der Waals surface area contributed by atoms with Crippen LogP contribution in [0.15, 0.2) is 36.4 Å². The smallest absolute Gasteiger partial charge is 0.464 e. The largest absolute Gasteiger partial charge is 0.573 e. The summed E-state index contributed by atoms with van der Waals surface area (Å²) >= 11 is 0. The fourth-order valence-corrected chi connectivity index (χ4v) is 2.53. The number of hydrogen-bond donors (Lipinski definition) is 0. The number of nitrogens with zero attached hydrogens (tertiary/aromatic N) is 2. The Balaban J connectivity index is 2.11. The molecule has 5 nitrogen and oxygen atoms in total. The van der Waals surface area contributed by atoms with Crippen LogP contribution in [0.2, 0.25) is 0 Å². The van der Waals surface area contributed by atoms with Crippen molar-refractivity contribution in [3.8, 4) is 5.75 Å². The summed E-state index contributed by atoms with van der Waals surface area (Å²) in [6.07, 6.45) is -4.91. The number of alkyl halides is 3. The normalized spacial score (nSPS) is 11.6. The molecule has 10 heteroatoms. The Labute approximate surface area is 148 Å². The highest BCUT2D eigenvalue weighted by atomic mass is 19.4. The predicted molar refractivity (Wildman–Crippen MR) is 83.2 cm³/mol. The molecule has 0 aliphatic carbocycles. The summed E-state index contributed by atoms with van der Waals surface area (Å²) < 4.78 is 74.0. The van der Waals surface area contributed by atoms with Crippen molar-refractivity contribution in [3.63, 3.8) is 0 Å². The lowest BCUT2D eigenvalue weighted by molar-refractivity contribution is -0.274. The predicted octanol–water partition coefficient (Wildman–Crippen LogP) is 4.05. The van der Waals surface area contributed by atoms with E-state index in [0.717, 1.165) is 30.0 Å². The van der Waals surface area contributed by atoms with Gasteiger partial charge in [0.1, 0.15) is 17.4 Å². The molecule has 0 aliphatic rings. The summed E-state index contributed by atoms with van der Waals surface area (Å²) in [5.41, 5.74) is -0.0474. The molecule has 3 aromatic rings. The summed E-state index contributed by atoms with van der Waals surface area (Å²) in [6, 6.07) is 6.12. The molecule has 27 heavy (non-hydrogen) atoms. The summed E-state index contributed by atoms with van der Waals surface area (Å²) in [6.45, 7) is -0.255. The van der Waals surface area contributed by atoms with Crippen LogP contribution in [-0.2, 0) is 11.3 Å². The van der Waals surface area contributed by atoms with Crippen molar-refractivity contribution in [2.75, 3.05) is 7.11 Å². The van der Waals surface area contributed by atoms with Crippen LogP contribution in [-0.4, -0.2) is 29.2 Å². The summed E-state index contributed by atoms with van der Waals surface area (Å²) in [4.78, 5) is 11.9. The van der Waals surface area contributed by atoms with E-state index in [2.05, 4.69) is 14.6 Å². The fourth-order valence-electron chi connectivity index (χ4n) is 2.53. The van der Waals surface area contributed by atoms with E-state index >= 15 is 0 Å². The van der Waals surface area contributed by atoms with Crippen molar-refractivity contribution < 1.29 is 36.2 Å². The Morgan fingerprint density at radius 2 is 1.89 bits per heavy atom. The molecule has 0 amide bonds. The molecule has 0 saturated carbocycles. The number of carbonyl (C=O) groups excluding carboxylic acids is 1. The molecule has 0 bridgehead atoms. The maximum Gasteiger partial charge on any atom is 0.573 e. The Hall–Kier alpha value is -3.17. The van der Waals surface area contributed by atoms with Gasteiger partial charge in [0.25, 0.3) is 0 Å². The fraction of sp³-hybridized carbons (Fsp3) is 0.176. The van der Waals surface area contributed by atoms with E-state index in [-0.39, 0.29) is 28.7 Å². The Kier molecular flexibility index (Phi) is 4.73. The average Bonchev–Trinajstić information content (AvgIpc) is 2.93. The van der Waals surface area contributed by atoms with Crippen LogP contribution in [0, 0.1) is 11.6 Å². The van der Waals surface area contributed by atoms with Crippen molar-refractivity contribution in [3.05, 3.63) is 59.3 Å². The van der Waals surface area contributed by atoms with Gasteiger partial charge in [0.05, 0.1) is 19.2 Å². The average molecular weight is 386 g/mol. The van der Waals surface area contributed by atoms with Crippen molar-refractivity contribution in [1.29, 1.82) is 0 Å². The molecule has 1 aromatic heterocycles. The van der Waals surface area contributed by atoms with Crippen LogP contribution in [0.5, 0.6) is 5.75 Å². The van der Waals surface area contributed by atoms with Crippen molar-refractivity contribution in [2.45, 2.75) is 12.9 Å². The van der Waals surface area contributed by atoms with Crippen LogP contribution in [0.3, 0.4) is 0 Å². The van der Waals surface area contributed by atoms with E-state index in [1.54, 1.807) is 0 Å². The second-order valence-corrected chi connectivity index (χ2v) is 5.46. The highest BCUT2D eigenvalue weighted by Crippen LogP contribution is 2.29. The monoisotopic (exact) mass is 386 g/mol. The quantitative estimate of drug-likeness (QED) is 0.502. The zero-order valence-electron chi connectivity index (χ0n) is 13.7. The van der Waals surface area contributed by atoms with E-state index in [4.69, 9.17) is 0 Å². The molecule has 0 radical (unpaired) electrons. The SMILES string of the molecule is COC(=O)c1nn(Cc2ccc(F)cc2F)c2cc(OC(F)(F)F)ccc12. The van der Waals surface area contributed by atoms with Gasteiger partial charge in [-0.15, -0.1) is 13.2 Å².